The van der Waals surface area contributed by atoms with Gasteiger partial charge in [0.15, 0.2) is 0 Å². The van der Waals surface area contributed by atoms with Crippen LogP contribution in [-0.4, -0.2) is 37.5 Å². The number of nitrogens with zero attached hydrogens (tertiary/aromatic N) is 1. The van der Waals surface area contributed by atoms with Crippen LogP contribution in [0, 0.1) is 5.92 Å². The lowest BCUT2D eigenvalue weighted by molar-refractivity contribution is 0.0764. The maximum Gasteiger partial charge on any atom is 0.254 e. The van der Waals surface area contributed by atoms with Crippen molar-refractivity contribution in [2.75, 3.05) is 26.7 Å². The Kier molecular flexibility index (Phi) is 5.25. The summed E-state index contributed by atoms with van der Waals surface area (Å²) in [7, 11) is 1.86. The van der Waals surface area contributed by atoms with E-state index in [0.717, 1.165) is 24.1 Å². The molecule has 2 rings (SSSR count). The highest BCUT2D eigenvalue weighted by Crippen LogP contribution is 2.23. The number of halogens is 2. The van der Waals surface area contributed by atoms with Crippen LogP contribution in [0.5, 0.6) is 0 Å². The van der Waals surface area contributed by atoms with Crippen LogP contribution in [0.25, 0.3) is 0 Å². The van der Waals surface area contributed by atoms with Gasteiger partial charge in [-0.1, -0.05) is 11.6 Å². The highest BCUT2D eigenvalue weighted by molar-refractivity contribution is 9.10. The van der Waals surface area contributed by atoms with Crippen LogP contribution in [-0.2, 0) is 0 Å². The first-order valence-corrected chi connectivity index (χ1v) is 7.66. The Hall–Kier alpha value is -0.580. The van der Waals surface area contributed by atoms with Crippen molar-refractivity contribution in [1.82, 2.24) is 10.2 Å². The van der Waals surface area contributed by atoms with Gasteiger partial charge in [0.25, 0.3) is 5.91 Å². The number of rotatable bonds is 3. The summed E-state index contributed by atoms with van der Waals surface area (Å²) in [4.78, 5) is 14.2. The van der Waals surface area contributed by atoms with E-state index in [1.54, 1.807) is 23.1 Å². The lowest BCUT2D eigenvalue weighted by Gasteiger charge is -2.28. The summed E-state index contributed by atoms with van der Waals surface area (Å²) in [5, 5.41) is 4.00. The largest absolute Gasteiger partial charge is 0.341 e. The molecule has 1 N–H and O–H groups in total. The summed E-state index contributed by atoms with van der Waals surface area (Å²) in [6.07, 6.45) is 2.38. The molecule has 1 heterocycles. The monoisotopic (exact) mass is 344 g/mol. The second-order valence-electron chi connectivity index (χ2n) is 5.02. The van der Waals surface area contributed by atoms with E-state index in [4.69, 9.17) is 11.6 Å². The molecule has 1 aliphatic heterocycles. The Balaban J connectivity index is 2.01. The standard InChI is InChI=1S/C14H18BrClN2O/c1-18(9-10-3-2-6-17-8-10)14(19)12-5-4-11(16)7-13(12)15/h4-5,7,10,17H,2-3,6,8-9H2,1H3. The fourth-order valence-corrected chi connectivity index (χ4v) is 3.27. The summed E-state index contributed by atoms with van der Waals surface area (Å²) in [5.74, 6) is 0.586. The summed E-state index contributed by atoms with van der Waals surface area (Å²) in [6.45, 7) is 2.89. The number of carbonyl (C=O) groups is 1. The van der Waals surface area contributed by atoms with Crippen molar-refractivity contribution in [1.29, 1.82) is 0 Å². The second-order valence-corrected chi connectivity index (χ2v) is 6.31. The summed E-state index contributed by atoms with van der Waals surface area (Å²) in [5.41, 5.74) is 0.663. The minimum absolute atomic E-state index is 0.0362. The third kappa shape index (κ3) is 3.94. The van der Waals surface area contributed by atoms with Gasteiger partial charge in [-0.2, -0.15) is 0 Å². The molecule has 1 aromatic rings. The predicted molar refractivity (Wildman–Crippen MR) is 81.7 cm³/mol. The average Bonchev–Trinajstić information content (AvgIpc) is 2.39. The van der Waals surface area contributed by atoms with Crippen molar-refractivity contribution in [3.8, 4) is 0 Å². The molecule has 1 fully saturated rings. The predicted octanol–water partition coefficient (Wildman–Crippen LogP) is 3.17. The molecule has 19 heavy (non-hydrogen) atoms. The number of hydrogen-bond acceptors (Lipinski definition) is 2. The highest BCUT2D eigenvalue weighted by atomic mass is 79.9. The van der Waals surface area contributed by atoms with Gasteiger partial charge in [0.05, 0.1) is 5.56 Å². The molecular formula is C14H18BrClN2O. The summed E-state index contributed by atoms with van der Waals surface area (Å²) < 4.78 is 0.749. The molecule has 104 valence electrons. The van der Waals surface area contributed by atoms with E-state index in [2.05, 4.69) is 21.2 Å². The molecule has 1 amide bonds. The number of carbonyl (C=O) groups excluding carboxylic acids is 1. The first kappa shape index (κ1) is 14.8. The lowest BCUT2D eigenvalue weighted by atomic mass is 9.99. The van der Waals surface area contributed by atoms with Crippen molar-refractivity contribution in [2.24, 2.45) is 5.92 Å². The Morgan fingerprint density at radius 2 is 2.37 bits per heavy atom. The molecule has 0 radical (unpaired) electrons. The van der Waals surface area contributed by atoms with Gasteiger partial charge in [-0.3, -0.25) is 4.79 Å². The van der Waals surface area contributed by atoms with Gasteiger partial charge in [-0.15, -0.1) is 0 Å². The number of amides is 1. The number of hydrogen-bond donors (Lipinski definition) is 1. The highest BCUT2D eigenvalue weighted by Gasteiger charge is 2.20. The molecule has 3 nitrogen and oxygen atoms in total. The van der Waals surface area contributed by atoms with E-state index < -0.39 is 0 Å². The third-order valence-electron chi connectivity index (χ3n) is 3.44. The van der Waals surface area contributed by atoms with Crippen LogP contribution in [0.2, 0.25) is 5.02 Å². The van der Waals surface area contributed by atoms with E-state index in [1.165, 1.54) is 12.8 Å². The molecular weight excluding hydrogens is 328 g/mol. The molecule has 1 unspecified atom stereocenters. The van der Waals surface area contributed by atoms with Gasteiger partial charge < -0.3 is 10.2 Å². The zero-order valence-electron chi connectivity index (χ0n) is 11.0. The summed E-state index contributed by atoms with van der Waals surface area (Å²) >= 11 is 9.29. The van der Waals surface area contributed by atoms with E-state index in [0.29, 0.717) is 16.5 Å². The number of piperidine rings is 1. The van der Waals surface area contributed by atoms with Crippen LogP contribution in [0.4, 0.5) is 0 Å². The van der Waals surface area contributed by atoms with E-state index in [1.807, 2.05) is 7.05 Å². The van der Waals surface area contributed by atoms with E-state index >= 15 is 0 Å². The second kappa shape index (κ2) is 6.73. The van der Waals surface area contributed by atoms with Gasteiger partial charge >= 0.3 is 0 Å². The van der Waals surface area contributed by atoms with Crippen LogP contribution < -0.4 is 5.32 Å². The maximum atomic E-state index is 12.4. The molecule has 0 aliphatic carbocycles. The average molecular weight is 346 g/mol. The molecule has 1 aromatic carbocycles. The fourth-order valence-electron chi connectivity index (χ4n) is 2.42. The zero-order chi connectivity index (χ0) is 13.8. The molecule has 0 aromatic heterocycles. The first-order chi connectivity index (χ1) is 9.08. The Morgan fingerprint density at radius 3 is 3.00 bits per heavy atom. The Morgan fingerprint density at radius 1 is 1.58 bits per heavy atom. The van der Waals surface area contributed by atoms with Crippen molar-refractivity contribution >= 4 is 33.4 Å². The van der Waals surface area contributed by atoms with Gasteiger partial charge in [0, 0.05) is 23.1 Å². The topological polar surface area (TPSA) is 32.3 Å². The minimum Gasteiger partial charge on any atom is -0.341 e. The lowest BCUT2D eigenvalue weighted by Crippen LogP contribution is -2.39. The SMILES string of the molecule is CN(CC1CCCNC1)C(=O)c1ccc(Cl)cc1Br. The Labute approximate surface area is 127 Å². The van der Waals surface area contributed by atoms with E-state index in [-0.39, 0.29) is 5.91 Å². The van der Waals surface area contributed by atoms with Crippen molar-refractivity contribution < 1.29 is 4.79 Å². The molecule has 1 atom stereocenters. The molecule has 0 bridgehead atoms. The van der Waals surface area contributed by atoms with Crippen molar-refractivity contribution in [3.63, 3.8) is 0 Å². The molecule has 1 saturated heterocycles. The third-order valence-corrected chi connectivity index (χ3v) is 4.33. The quantitative estimate of drug-likeness (QED) is 0.912. The Bertz CT molecular complexity index is 461. The van der Waals surface area contributed by atoms with Gasteiger partial charge in [0.2, 0.25) is 0 Å². The molecule has 0 saturated carbocycles. The van der Waals surface area contributed by atoms with Gasteiger partial charge in [-0.25, -0.2) is 0 Å². The normalized spacial score (nSPS) is 19.2. The zero-order valence-corrected chi connectivity index (χ0v) is 13.3. The van der Waals surface area contributed by atoms with Gasteiger partial charge in [0.1, 0.15) is 0 Å². The first-order valence-electron chi connectivity index (χ1n) is 6.49. The molecule has 5 heteroatoms. The molecule has 1 aliphatic rings. The van der Waals surface area contributed by atoms with Crippen LogP contribution in [0.15, 0.2) is 22.7 Å². The number of benzene rings is 1. The van der Waals surface area contributed by atoms with Crippen LogP contribution in [0.1, 0.15) is 23.2 Å². The minimum atomic E-state index is 0.0362. The van der Waals surface area contributed by atoms with Crippen molar-refractivity contribution in [3.05, 3.63) is 33.3 Å². The molecule has 0 spiro atoms. The summed E-state index contributed by atoms with van der Waals surface area (Å²) in [6, 6.07) is 5.27. The maximum absolute atomic E-state index is 12.4. The van der Waals surface area contributed by atoms with Gasteiger partial charge in [-0.05, 0) is 66.0 Å². The van der Waals surface area contributed by atoms with E-state index in [9.17, 15) is 4.79 Å². The van der Waals surface area contributed by atoms with Crippen LogP contribution >= 0.6 is 27.5 Å². The number of nitrogens with one attached hydrogen (secondary N) is 1. The fraction of sp³-hybridized carbons (Fsp3) is 0.500. The van der Waals surface area contributed by atoms with Crippen LogP contribution in [0.3, 0.4) is 0 Å². The smallest absolute Gasteiger partial charge is 0.254 e. The van der Waals surface area contributed by atoms with Crippen molar-refractivity contribution in [2.45, 2.75) is 12.8 Å².